The van der Waals surface area contributed by atoms with Crippen molar-refractivity contribution in [3.8, 4) is 16.9 Å². The molecule has 0 N–H and O–H groups in total. The number of benzene rings is 2. The Labute approximate surface area is 109 Å². The van der Waals surface area contributed by atoms with Gasteiger partial charge in [-0.1, -0.05) is 47.5 Å². The first-order valence-corrected chi connectivity index (χ1v) is 5.67. The maximum atomic E-state index is 14.0. The second-order valence-corrected chi connectivity index (χ2v) is 4.21. The average molecular weight is 271 g/mol. The van der Waals surface area contributed by atoms with Gasteiger partial charge >= 0.3 is 0 Å². The van der Waals surface area contributed by atoms with E-state index >= 15 is 0 Å². The highest BCUT2D eigenvalue weighted by molar-refractivity contribution is 6.43. The zero-order chi connectivity index (χ0) is 12.4. The Morgan fingerprint density at radius 1 is 1.00 bits per heavy atom. The van der Waals surface area contributed by atoms with E-state index in [0.717, 1.165) is 0 Å². The molecule has 0 radical (unpaired) electrons. The van der Waals surface area contributed by atoms with Gasteiger partial charge in [-0.25, -0.2) is 4.39 Å². The van der Waals surface area contributed by atoms with Crippen LogP contribution in [-0.4, -0.2) is 7.11 Å². The number of rotatable bonds is 2. The fourth-order valence-electron chi connectivity index (χ4n) is 1.59. The summed E-state index contributed by atoms with van der Waals surface area (Å²) in [6.45, 7) is 0. The van der Waals surface area contributed by atoms with E-state index in [2.05, 4.69) is 0 Å². The van der Waals surface area contributed by atoms with Crippen LogP contribution in [0, 0.1) is 5.82 Å². The Morgan fingerprint density at radius 3 is 2.35 bits per heavy atom. The topological polar surface area (TPSA) is 9.23 Å². The summed E-state index contributed by atoms with van der Waals surface area (Å²) in [5.41, 5.74) is 0.924. The van der Waals surface area contributed by atoms with Crippen LogP contribution in [0.3, 0.4) is 0 Å². The molecule has 0 aliphatic carbocycles. The maximum Gasteiger partial charge on any atom is 0.172 e. The molecule has 2 aromatic rings. The van der Waals surface area contributed by atoms with Gasteiger partial charge in [0.2, 0.25) is 0 Å². The normalized spacial score (nSPS) is 10.4. The Hall–Kier alpha value is -1.25. The van der Waals surface area contributed by atoms with Crippen molar-refractivity contribution in [3.05, 3.63) is 52.3 Å². The molecule has 0 aromatic heterocycles. The quantitative estimate of drug-likeness (QED) is 0.761. The molecule has 1 nitrogen and oxygen atoms in total. The highest BCUT2D eigenvalue weighted by Gasteiger charge is 2.14. The zero-order valence-electron chi connectivity index (χ0n) is 9.01. The molecule has 0 aliphatic heterocycles. The minimum atomic E-state index is -0.445. The van der Waals surface area contributed by atoms with Crippen molar-refractivity contribution in [2.45, 2.75) is 0 Å². The van der Waals surface area contributed by atoms with E-state index in [1.54, 1.807) is 36.4 Å². The molecule has 4 heteroatoms. The molecule has 0 aliphatic rings. The third-order valence-electron chi connectivity index (χ3n) is 2.42. The number of halogens is 3. The van der Waals surface area contributed by atoms with Crippen LogP contribution in [0.5, 0.6) is 5.75 Å². The summed E-state index contributed by atoms with van der Waals surface area (Å²) >= 11 is 12.0. The van der Waals surface area contributed by atoms with Gasteiger partial charge in [-0.15, -0.1) is 0 Å². The van der Waals surface area contributed by atoms with E-state index in [1.807, 2.05) is 0 Å². The molecule has 17 heavy (non-hydrogen) atoms. The predicted molar refractivity (Wildman–Crippen MR) is 68.4 cm³/mol. The summed E-state index contributed by atoms with van der Waals surface area (Å²) in [6.07, 6.45) is 0. The fraction of sp³-hybridized carbons (Fsp3) is 0.0769. The molecule has 0 atom stereocenters. The van der Waals surface area contributed by atoms with Gasteiger partial charge in [-0.3, -0.25) is 0 Å². The van der Waals surface area contributed by atoms with Gasteiger partial charge in [0.15, 0.2) is 11.6 Å². The molecule has 0 heterocycles. The molecular weight excluding hydrogens is 262 g/mol. The van der Waals surface area contributed by atoms with Crippen LogP contribution in [0.4, 0.5) is 4.39 Å². The lowest BCUT2D eigenvalue weighted by atomic mass is 10.0. The smallest absolute Gasteiger partial charge is 0.172 e. The molecule has 0 saturated heterocycles. The summed E-state index contributed by atoms with van der Waals surface area (Å²) in [7, 11) is 1.42. The van der Waals surface area contributed by atoms with Gasteiger partial charge in [0.1, 0.15) is 0 Å². The molecule has 2 rings (SSSR count). The van der Waals surface area contributed by atoms with E-state index in [-0.39, 0.29) is 5.75 Å². The highest BCUT2D eigenvalue weighted by atomic mass is 35.5. The largest absolute Gasteiger partial charge is 0.494 e. The number of hydrogen-bond acceptors (Lipinski definition) is 1. The summed E-state index contributed by atoms with van der Waals surface area (Å²) in [6, 6.07) is 9.99. The molecule has 0 spiro atoms. The van der Waals surface area contributed by atoms with Crippen molar-refractivity contribution < 1.29 is 9.13 Å². The van der Waals surface area contributed by atoms with Crippen molar-refractivity contribution in [2.75, 3.05) is 7.11 Å². The standard InChI is InChI=1S/C13H9Cl2FO/c1-17-11-7-3-5-9(13(11)16)8-4-2-6-10(14)12(8)15/h2-7H,1H3. The number of ether oxygens (including phenoxy) is 1. The Kier molecular flexibility index (Phi) is 3.55. The highest BCUT2D eigenvalue weighted by Crippen LogP contribution is 2.36. The first kappa shape index (κ1) is 12.2. The van der Waals surface area contributed by atoms with Crippen LogP contribution in [0.2, 0.25) is 10.0 Å². The zero-order valence-corrected chi connectivity index (χ0v) is 10.5. The lowest BCUT2D eigenvalue weighted by Crippen LogP contribution is -1.91. The fourth-order valence-corrected chi connectivity index (χ4v) is 1.99. The van der Waals surface area contributed by atoms with Crippen molar-refractivity contribution in [3.63, 3.8) is 0 Å². The van der Waals surface area contributed by atoms with Gasteiger partial charge in [-0.2, -0.15) is 0 Å². The molecular formula is C13H9Cl2FO. The van der Waals surface area contributed by atoms with Crippen LogP contribution in [0.15, 0.2) is 36.4 Å². The van der Waals surface area contributed by atoms with Crippen molar-refractivity contribution in [2.24, 2.45) is 0 Å². The first-order chi connectivity index (χ1) is 8.15. The van der Waals surface area contributed by atoms with Gasteiger partial charge in [0, 0.05) is 11.1 Å². The summed E-state index contributed by atoms with van der Waals surface area (Å²) in [5, 5.41) is 0.729. The Morgan fingerprint density at radius 2 is 1.65 bits per heavy atom. The molecule has 0 fully saturated rings. The number of methoxy groups -OCH3 is 1. The molecule has 0 saturated carbocycles. The Bertz CT molecular complexity index is 555. The number of hydrogen-bond donors (Lipinski definition) is 0. The second-order valence-electron chi connectivity index (χ2n) is 3.42. The summed E-state index contributed by atoms with van der Waals surface area (Å²) in [5.74, 6) is -0.266. The predicted octanol–water partition coefficient (Wildman–Crippen LogP) is 4.81. The molecule has 0 amide bonds. The van der Waals surface area contributed by atoms with E-state index in [9.17, 15) is 4.39 Å². The lowest BCUT2D eigenvalue weighted by molar-refractivity contribution is 0.387. The Balaban J connectivity index is 2.65. The first-order valence-electron chi connectivity index (χ1n) is 4.92. The van der Waals surface area contributed by atoms with Gasteiger partial charge in [-0.05, 0) is 12.1 Å². The molecule has 0 bridgehead atoms. The van der Waals surface area contributed by atoms with E-state index in [1.165, 1.54) is 7.11 Å². The van der Waals surface area contributed by atoms with Crippen LogP contribution in [-0.2, 0) is 0 Å². The van der Waals surface area contributed by atoms with Crippen molar-refractivity contribution >= 4 is 23.2 Å². The third kappa shape index (κ3) is 2.24. The van der Waals surface area contributed by atoms with E-state index in [4.69, 9.17) is 27.9 Å². The van der Waals surface area contributed by atoms with Crippen LogP contribution in [0.25, 0.3) is 11.1 Å². The molecule has 0 unspecified atom stereocenters. The third-order valence-corrected chi connectivity index (χ3v) is 3.24. The monoisotopic (exact) mass is 270 g/mol. The van der Waals surface area contributed by atoms with Crippen LogP contribution in [0.1, 0.15) is 0 Å². The SMILES string of the molecule is COc1cccc(-c2cccc(Cl)c2Cl)c1F. The summed E-state index contributed by atoms with van der Waals surface area (Å²) in [4.78, 5) is 0. The lowest BCUT2D eigenvalue weighted by Gasteiger charge is -2.09. The van der Waals surface area contributed by atoms with Gasteiger partial charge < -0.3 is 4.74 Å². The minimum Gasteiger partial charge on any atom is -0.494 e. The van der Waals surface area contributed by atoms with Crippen LogP contribution < -0.4 is 4.74 Å². The summed E-state index contributed by atoms with van der Waals surface area (Å²) < 4.78 is 19.0. The van der Waals surface area contributed by atoms with E-state index < -0.39 is 5.82 Å². The molecule has 2 aromatic carbocycles. The van der Waals surface area contributed by atoms with Crippen LogP contribution >= 0.6 is 23.2 Å². The van der Waals surface area contributed by atoms with Crippen molar-refractivity contribution in [1.82, 2.24) is 0 Å². The maximum absolute atomic E-state index is 14.0. The second kappa shape index (κ2) is 4.94. The minimum absolute atomic E-state index is 0.179. The average Bonchev–Trinajstić information content (AvgIpc) is 2.33. The molecule has 88 valence electrons. The van der Waals surface area contributed by atoms with Gasteiger partial charge in [0.05, 0.1) is 17.2 Å². The van der Waals surface area contributed by atoms with E-state index in [0.29, 0.717) is 21.2 Å². The van der Waals surface area contributed by atoms with Crippen molar-refractivity contribution in [1.29, 1.82) is 0 Å². The van der Waals surface area contributed by atoms with Gasteiger partial charge in [0.25, 0.3) is 0 Å².